The van der Waals surface area contributed by atoms with Gasteiger partial charge in [0, 0.05) is 11.5 Å². The molecule has 4 aromatic rings. The minimum absolute atomic E-state index is 0.134. The number of benzene rings is 4. The summed E-state index contributed by atoms with van der Waals surface area (Å²) in [4.78, 5) is 60.3. The van der Waals surface area contributed by atoms with Crippen LogP contribution in [0.25, 0.3) is 18.2 Å². The maximum Gasteiger partial charge on any atom is 0.241 e. The van der Waals surface area contributed by atoms with Crippen LogP contribution in [0.3, 0.4) is 0 Å². The van der Waals surface area contributed by atoms with Crippen LogP contribution in [-0.2, 0) is 19.2 Å². The summed E-state index contributed by atoms with van der Waals surface area (Å²) in [5.74, 6) is -4.52. The van der Waals surface area contributed by atoms with Crippen LogP contribution in [0.1, 0.15) is 36.5 Å². The van der Waals surface area contributed by atoms with Crippen LogP contribution in [0.4, 0.5) is 15.8 Å². The van der Waals surface area contributed by atoms with Gasteiger partial charge >= 0.3 is 0 Å². The number of anilines is 2. The predicted molar refractivity (Wildman–Crippen MR) is 224 cm³/mol. The molecule has 1 saturated carbocycles. The Bertz CT molecular complexity index is 2510. The maximum absolute atomic E-state index is 14.7. The maximum atomic E-state index is 14.7. The van der Waals surface area contributed by atoms with Gasteiger partial charge in [-0.1, -0.05) is 59.7 Å². The molecule has 2 saturated heterocycles. The SMILES string of the molecule is COc1ccc(OC)c(C=Cc2ccc(N3C(=O)[C@H]4[C@H](CC=C5[C@H]4C[C@H]4C(=O)N(c6ccc(F)c(Cl)c6)C(=O)[C@@]4(C)[C@H]5C=Cc4cc(OC)c(O)c(OC)c4)C3=O)cc2)c1. The molecule has 1 N–H and O–H groups in total. The van der Waals surface area contributed by atoms with Crippen molar-refractivity contribution in [3.8, 4) is 28.7 Å². The lowest BCUT2D eigenvalue weighted by Crippen LogP contribution is -2.49. The van der Waals surface area contributed by atoms with Crippen molar-refractivity contribution in [2.24, 2.45) is 35.0 Å². The van der Waals surface area contributed by atoms with Crippen molar-refractivity contribution >= 4 is 64.8 Å². The summed E-state index contributed by atoms with van der Waals surface area (Å²) in [6.45, 7) is 1.74. The number of amides is 4. The molecular formula is C47H42ClFN2O9. The second kappa shape index (κ2) is 15.6. The molecule has 4 aromatic carbocycles. The lowest BCUT2D eigenvalue weighted by Gasteiger charge is -2.47. The number of allylic oxidation sites excluding steroid dienone is 3. The van der Waals surface area contributed by atoms with E-state index in [1.165, 1.54) is 31.3 Å². The molecule has 308 valence electrons. The number of fused-ring (bicyclic) bond motifs is 4. The zero-order valence-electron chi connectivity index (χ0n) is 33.5. The number of ether oxygens (including phenoxy) is 4. The first-order valence-corrected chi connectivity index (χ1v) is 19.8. The van der Waals surface area contributed by atoms with E-state index in [2.05, 4.69) is 0 Å². The van der Waals surface area contributed by atoms with Gasteiger partial charge in [-0.3, -0.25) is 24.1 Å². The summed E-state index contributed by atoms with van der Waals surface area (Å²) in [7, 11) is 6.01. The van der Waals surface area contributed by atoms with E-state index in [0.29, 0.717) is 22.7 Å². The Labute approximate surface area is 351 Å². The van der Waals surface area contributed by atoms with Crippen molar-refractivity contribution in [1.29, 1.82) is 0 Å². The minimum atomic E-state index is -1.34. The molecule has 60 heavy (non-hydrogen) atoms. The third-order valence-corrected chi connectivity index (χ3v) is 12.8. The third kappa shape index (κ3) is 6.50. The quantitative estimate of drug-likeness (QED) is 0.0952. The average Bonchev–Trinajstić information content (AvgIpc) is 3.63. The number of phenols is 1. The third-order valence-electron chi connectivity index (χ3n) is 12.5. The number of imide groups is 2. The first-order chi connectivity index (χ1) is 28.8. The van der Waals surface area contributed by atoms with Crippen molar-refractivity contribution in [3.63, 3.8) is 0 Å². The summed E-state index contributed by atoms with van der Waals surface area (Å²) in [5, 5.41) is 10.3. The molecule has 0 unspecified atom stereocenters. The fourth-order valence-electron chi connectivity index (χ4n) is 9.45. The zero-order chi connectivity index (χ0) is 42.6. The Hall–Kier alpha value is -6.40. The Morgan fingerprint density at radius 3 is 2.07 bits per heavy atom. The molecular weight excluding hydrogens is 791 g/mol. The van der Waals surface area contributed by atoms with Crippen LogP contribution in [0, 0.1) is 40.8 Å². The van der Waals surface area contributed by atoms with Gasteiger partial charge in [0.15, 0.2) is 11.5 Å². The van der Waals surface area contributed by atoms with Gasteiger partial charge in [0.25, 0.3) is 0 Å². The van der Waals surface area contributed by atoms with Gasteiger partial charge in [0.1, 0.15) is 17.3 Å². The van der Waals surface area contributed by atoms with Gasteiger partial charge in [-0.05, 0) is 97.5 Å². The number of hydrogen-bond donors (Lipinski definition) is 1. The first-order valence-electron chi connectivity index (χ1n) is 19.4. The summed E-state index contributed by atoms with van der Waals surface area (Å²) in [6, 6.07) is 19.5. The van der Waals surface area contributed by atoms with Crippen LogP contribution in [-0.4, -0.2) is 57.2 Å². The van der Waals surface area contributed by atoms with Crippen molar-refractivity contribution in [3.05, 3.63) is 118 Å². The zero-order valence-corrected chi connectivity index (χ0v) is 34.2. The second-order valence-electron chi connectivity index (χ2n) is 15.5. The molecule has 0 aromatic heterocycles. The van der Waals surface area contributed by atoms with Gasteiger partial charge < -0.3 is 24.1 Å². The van der Waals surface area contributed by atoms with Crippen molar-refractivity contribution in [2.45, 2.75) is 19.8 Å². The molecule has 4 aliphatic rings. The number of carbonyl (C=O) groups is 4. The molecule has 2 aliphatic heterocycles. The van der Waals surface area contributed by atoms with Crippen LogP contribution >= 0.6 is 11.6 Å². The van der Waals surface area contributed by atoms with Crippen molar-refractivity contribution < 1.29 is 47.6 Å². The second-order valence-corrected chi connectivity index (χ2v) is 15.9. The number of aromatic hydroxyl groups is 1. The van der Waals surface area contributed by atoms with Crippen LogP contribution in [0.2, 0.25) is 5.02 Å². The fourth-order valence-corrected chi connectivity index (χ4v) is 9.63. The Morgan fingerprint density at radius 2 is 1.42 bits per heavy atom. The molecule has 13 heteroatoms. The number of hydrogen-bond acceptors (Lipinski definition) is 9. The normalized spacial score (nSPS) is 24.8. The highest BCUT2D eigenvalue weighted by Gasteiger charge is 2.67. The molecule has 6 atom stereocenters. The number of phenolic OH excluding ortho intramolecular Hbond substituents is 1. The molecule has 2 heterocycles. The number of carbonyl (C=O) groups excluding carboxylic acids is 4. The highest BCUT2D eigenvalue weighted by Crippen LogP contribution is 2.61. The van der Waals surface area contributed by atoms with Gasteiger partial charge in [-0.2, -0.15) is 0 Å². The van der Waals surface area contributed by atoms with E-state index < -0.39 is 52.6 Å². The Balaban J connectivity index is 1.14. The van der Waals surface area contributed by atoms with Crippen LogP contribution in [0.5, 0.6) is 28.7 Å². The number of methoxy groups -OCH3 is 4. The summed E-state index contributed by atoms with van der Waals surface area (Å²) in [6.07, 6.45) is 9.71. The van der Waals surface area contributed by atoms with Crippen LogP contribution in [0.15, 0.2) is 90.5 Å². The van der Waals surface area contributed by atoms with Crippen molar-refractivity contribution in [1.82, 2.24) is 0 Å². The molecule has 0 spiro atoms. The highest BCUT2D eigenvalue weighted by molar-refractivity contribution is 6.32. The first kappa shape index (κ1) is 40.4. The summed E-state index contributed by atoms with van der Waals surface area (Å²) < 4.78 is 35.9. The monoisotopic (exact) mass is 832 g/mol. The van der Waals surface area contributed by atoms with E-state index in [-0.39, 0.29) is 52.6 Å². The van der Waals surface area contributed by atoms with E-state index in [9.17, 15) is 28.7 Å². The van der Waals surface area contributed by atoms with E-state index in [4.69, 9.17) is 30.5 Å². The van der Waals surface area contributed by atoms with Crippen LogP contribution < -0.4 is 28.7 Å². The summed E-state index contributed by atoms with van der Waals surface area (Å²) >= 11 is 6.14. The van der Waals surface area contributed by atoms with Gasteiger partial charge in [0.2, 0.25) is 29.4 Å². The molecule has 0 bridgehead atoms. The standard InChI is InChI=1S/C47H42ClFN2O9/c1-47-34(17-9-26-20-39(59-4)42(52)40(21-26)60-5)31-15-16-32-41(33(31)24-35(47)44(54)51(46(47)56)29-13-18-37(49)36(48)23-29)45(55)50(43(32)53)28-11-7-25(8-12-28)6-10-27-22-30(57-2)14-19-38(27)58-3/h6-15,17-23,32-35,41,52H,16,24H2,1-5H3/t32-,33+,34-,35-,41-,47-/m0/s1. The predicted octanol–water partition coefficient (Wildman–Crippen LogP) is 8.37. The lowest BCUT2D eigenvalue weighted by molar-refractivity contribution is -0.132. The molecule has 2 aliphatic carbocycles. The largest absolute Gasteiger partial charge is 0.502 e. The number of nitrogens with zero attached hydrogens (tertiary/aromatic N) is 2. The molecule has 11 nitrogen and oxygen atoms in total. The van der Waals surface area contributed by atoms with Gasteiger partial charge in [0.05, 0.1) is 68.0 Å². The smallest absolute Gasteiger partial charge is 0.241 e. The molecule has 3 fully saturated rings. The average molecular weight is 833 g/mol. The topological polar surface area (TPSA) is 132 Å². The molecule has 8 rings (SSSR count). The van der Waals surface area contributed by atoms with E-state index >= 15 is 0 Å². The van der Waals surface area contributed by atoms with Gasteiger partial charge in [-0.25, -0.2) is 9.29 Å². The van der Waals surface area contributed by atoms with E-state index in [0.717, 1.165) is 27.7 Å². The van der Waals surface area contributed by atoms with E-state index in [1.54, 1.807) is 51.5 Å². The molecule has 4 amide bonds. The van der Waals surface area contributed by atoms with Gasteiger partial charge in [-0.15, -0.1) is 0 Å². The Morgan fingerprint density at radius 1 is 0.733 bits per heavy atom. The van der Waals surface area contributed by atoms with Crippen molar-refractivity contribution in [2.75, 3.05) is 38.2 Å². The lowest BCUT2D eigenvalue weighted by atomic mass is 9.52. The van der Waals surface area contributed by atoms with E-state index in [1.807, 2.05) is 54.6 Å². The number of rotatable bonds is 10. The summed E-state index contributed by atoms with van der Waals surface area (Å²) in [5.41, 5.74) is 2.22. The number of halogens is 2. The molecule has 0 radical (unpaired) electrons. The Kier molecular flexibility index (Phi) is 10.5. The fraction of sp³-hybridized carbons (Fsp3) is 0.277. The minimum Gasteiger partial charge on any atom is -0.502 e. The highest BCUT2D eigenvalue weighted by atomic mass is 35.5.